The minimum Gasteiger partial charge on any atom is -0.341 e. The normalized spacial score (nSPS) is 19.9. The molecule has 2 N–H and O–H groups in total. The van der Waals surface area contributed by atoms with E-state index in [-0.39, 0.29) is 24.2 Å². The van der Waals surface area contributed by atoms with E-state index >= 15 is 0 Å². The highest BCUT2D eigenvalue weighted by Crippen LogP contribution is 2.20. The summed E-state index contributed by atoms with van der Waals surface area (Å²) < 4.78 is 13.9. The number of nitrogens with zero attached hydrogens (tertiary/aromatic N) is 1. The van der Waals surface area contributed by atoms with Crippen molar-refractivity contribution < 1.29 is 9.18 Å². The Labute approximate surface area is 114 Å². The average molecular weight is 315 g/mol. The molecule has 5 heteroatoms. The monoisotopic (exact) mass is 314 g/mol. The molecule has 1 saturated heterocycles. The molecule has 0 aliphatic carbocycles. The Kier molecular flexibility index (Phi) is 4.35. The third-order valence-electron chi connectivity index (χ3n) is 3.16. The van der Waals surface area contributed by atoms with Crippen molar-refractivity contribution in [2.45, 2.75) is 25.3 Å². The standard InChI is InChI=1S/C13H16BrFN2O/c14-12-4-3-10(15)6-9(12)7-13(18)17-5-1-2-11(16)8-17/h3-4,6,11H,1-2,5,7-8,16H2/t11-/m1/s1. The Morgan fingerprint density at radius 2 is 2.33 bits per heavy atom. The topological polar surface area (TPSA) is 46.3 Å². The van der Waals surface area contributed by atoms with Gasteiger partial charge in [-0.3, -0.25) is 4.79 Å². The number of hydrogen-bond donors (Lipinski definition) is 1. The molecule has 0 unspecified atom stereocenters. The first-order valence-electron chi connectivity index (χ1n) is 6.03. The first-order chi connectivity index (χ1) is 8.56. The quantitative estimate of drug-likeness (QED) is 0.908. The molecule has 1 aliphatic heterocycles. The zero-order valence-corrected chi connectivity index (χ0v) is 11.6. The second kappa shape index (κ2) is 5.80. The molecule has 0 radical (unpaired) electrons. The molecule has 0 spiro atoms. The van der Waals surface area contributed by atoms with Crippen LogP contribution in [-0.4, -0.2) is 29.9 Å². The van der Waals surface area contributed by atoms with Gasteiger partial charge in [-0.25, -0.2) is 4.39 Å². The molecular formula is C13H16BrFN2O. The molecule has 1 aromatic rings. The van der Waals surface area contributed by atoms with Gasteiger partial charge in [-0.05, 0) is 36.6 Å². The number of hydrogen-bond acceptors (Lipinski definition) is 2. The summed E-state index contributed by atoms with van der Waals surface area (Å²) in [5.74, 6) is -0.312. The minimum atomic E-state index is -0.323. The molecule has 18 heavy (non-hydrogen) atoms. The highest BCUT2D eigenvalue weighted by atomic mass is 79.9. The second-order valence-electron chi connectivity index (χ2n) is 4.65. The molecule has 0 aromatic heterocycles. The van der Waals surface area contributed by atoms with Gasteiger partial charge >= 0.3 is 0 Å². The van der Waals surface area contributed by atoms with Gasteiger partial charge in [0, 0.05) is 23.6 Å². The molecular weight excluding hydrogens is 299 g/mol. The summed E-state index contributed by atoms with van der Waals surface area (Å²) >= 11 is 3.33. The van der Waals surface area contributed by atoms with Crippen molar-refractivity contribution in [3.63, 3.8) is 0 Å². The van der Waals surface area contributed by atoms with Crippen LogP contribution in [0.2, 0.25) is 0 Å². The minimum absolute atomic E-state index is 0.0106. The van der Waals surface area contributed by atoms with E-state index in [2.05, 4.69) is 15.9 Å². The van der Waals surface area contributed by atoms with E-state index in [1.54, 1.807) is 11.0 Å². The number of amides is 1. The summed E-state index contributed by atoms with van der Waals surface area (Å²) in [5.41, 5.74) is 6.53. The van der Waals surface area contributed by atoms with Crippen molar-refractivity contribution in [1.29, 1.82) is 0 Å². The zero-order chi connectivity index (χ0) is 13.1. The summed E-state index contributed by atoms with van der Waals surface area (Å²) in [6, 6.07) is 4.46. The third-order valence-corrected chi connectivity index (χ3v) is 3.93. The molecule has 1 heterocycles. The van der Waals surface area contributed by atoms with Gasteiger partial charge in [0.1, 0.15) is 5.82 Å². The largest absolute Gasteiger partial charge is 0.341 e. The Balaban J connectivity index is 2.04. The van der Waals surface area contributed by atoms with E-state index in [0.29, 0.717) is 12.1 Å². The first-order valence-corrected chi connectivity index (χ1v) is 6.83. The molecule has 1 atom stereocenters. The number of carbonyl (C=O) groups is 1. The Bertz CT molecular complexity index is 453. The maximum Gasteiger partial charge on any atom is 0.227 e. The van der Waals surface area contributed by atoms with Gasteiger partial charge in [-0.2, -0.15) is 0 Å². The van der Waals surface area contributed by atoms with Crippen molar-refractivity contribution in [1.82, 2.24) is 4.90 Å². The van der Waals surface area contributed by atoms with E-state index in [1.165, 1.54) is 12.1 Å². The summed E-state index contributed by atoms with van der Waals surface area (Å²) in [7, 11) is 0. The predicted octanol–water partition coefficient (Wildman–Crippen LogP) is 2.08. The van der Waals surface area contributed by atoms with Gasteiger partial charge in [0.15, 0.2) is 0 Å². The van der Waals surface area contributed by atoms with Crippen LogP contribution in [0.3, 0.4) is 0 Å². The summed E-state index contributed by atoms with van der Waals surface area (Å²) in [4.78, 5) is 13.9. The zero-order valence-electron chi connectivity index (χ0n) is 10.0. The van der Waals surface area contributed by atoms with Crippen molar-refractivity contribution in [2.24, 2.45) is 5.73 Å². The van der Waals surface area contributed by atoms with Crippen LogP contribution in [-0.2, 0) is 11.2 Å². The number of likely N-dealkylation sites (tertiary alicyclic amines) is 1. The lowest BCUT2D eigenvalue weighted by molar-refractivity contribution is -0.131. The Morgan fingerprint density at radius 3 is 3.06 bits per heavy atom. The fourth-order valence-corrected chi connectivity index (χ4v) is 2.58. The third kappa shape index (κ3) is 3.29. The molecule has 98 valence electrons. The van der Waals surface area contributed by atoms with Gasteiger partial charge in [0.05, 0.1) is 6.42 Å². The van der Waals surface area contributed by atoms with Crippen LogP contribution in [0.25, 0.3) is 0 Å². The summed E-state index contributed by atoms with van der Waals surface area (Å²) in [6.07, 6.45) is 2.12. The van der Waals surface area contributed by atoms with Gasteiger partial charge < -0.3 is 10.6 Å². The van der Waals surface area contributed by atoms with Crippen LogP contribution >= 0.6 is 15.9 Å². The average Bonchev–Trinajstić information content (AvgIpc) is 2.34. The highest BCUT2D eigenvalue weighted by molar-refractivity contribution is 9.10. The number of rotatable bonds is 2. The van der Waals surface area contributed by atoms with E-state index in [1.807, 2.05) is 0 Å². The molecule has 1 amide bonds. The lowest BCUT2D eigenvalue weighted by atomic mass is 10.1. The second-order valence-corrected chi connectivity index (χ2v) is 5.51. The van der Waals surface area contributed by atoms with E-state index in [9.17, 15) is 9.18 Å². The van der Waals surface area contributed by atoms with Crippen molar-refractivity contribution in [3.05, 3.63) is 34.1 Å². The lowest BCUT2D eigenvalue weighted by Gasteiger charge is -2.31. The fraction of sp³-hybridized carbons (Fsp3) is 0.462. The molecule has 0 saturated carbocycles. The Morgan fingerprint density at radius 1 is 1.56 bits per heavy atom. The van der Waals surface area contributed by atoms with Gasteiger partial charge in [0.25, 0.3) is 0 Å². The highest BCUT2D eigenvalue weighted by Gasteiger charge is 2.21. The van der Waals surface area contributed by atoms with Crippen molar-refractivity contribution in [2.75, 3.05) is 13.1 Å². The number of piperidine rings is 1. The lowest BCUT2D eigenvalue weighted by Crippen LogP contribution is -2.46. The number of halogens is 2. The number of carbonyl (C=O) groups excluding carboxylic acids is 1. The SMILES string of the molecule is N[C@@H]1CCCN(C(=O)Cc2cc(F)ccc2Br)C1. The first kappa shape index (κ1) is 13.5. The maximum absolute atomic E-state index is 13.1. The van der Waals surface area contributed by atoms with Crippen LogP contribution in [0.15, 0.2) is 22.7 Å². The van der Waals surface area contributed by atoms with Crippen LogP contribution in [0.5, 0.6) is 0 Å². The van der Waals surface area contributed by atoms with Crippen LogP contribution in [0, 0.1) is 5.82 Å². The van der Waals surface area contributed by atoms with Crippen LogP contribution in [0.1, 0.15) is 18.4 Å². The van der Waals surface area contributed by atoms with Crippen molar-refractivity contribution in [3.8, 4) is 0 Å². The number of benzene rings is 1. The fourth-order valence-electron chi connectivity index (χ4n) is 2.19. The van der Waals surface area contributed by atoms with E-state index in [0.717, 1.165) is 23.9 Å². The molecule has 1 aliphatic rings. The number of nitrogens with two attached hydrogens (primary N) is 1. The summed E-state index contributed by atoms with van der Waals surface area (Å²) in [5, 5.41) is 0. The predicted molar refractivity (Wildman–Crippen MR) is 71.6 cm³/mol. The van der Waals surface area contributed by atoms with Crippen LogP contribution < -0.4 is 5.73 Å². The van der Waals surface area contributed by atoms with E-state index < -0.39 is 0 Å². The van der Waals surface area contributed by atoms with Gasteiger partial charge in [-0.15, -0.1) is 0 Å². The molecule has 3 nitrogen and oxygen atoms in total. The molecule has 1 fully saturated rings. The van der Waals surface area contributed by atoms with Gasteiger partial charge in [0.2, 0.25) is 5.91 Å². The molecule has 1 aromatic carbocycles. The van der Waals surface area contributed by atoms with Gasteiger partial charge in [-0.1, -0.05) is 15.9 Å². The van der Waals surface area contributed by atoms with Crippen molar-refractivity contribution >= 4 is 21.8 Å². The molecule has 2 rings (SSSR count). The summed E-state index contributed by atoms with van der Waals surface area (Å²) in [6.45, 7) is 1.35. The Hall–Kier alpha value is -0.940. The van der Waals surface area contributed by atoms with Crippen LogP contribution in [0.4, 0.5) is 4.39 Å². The smallest absolute Gasteiger partial charge is 0.227 e. The molecule has 0 bridgehead atoms. The van der Waals surface area contributed by atoms with E-state index in [4.69, 9.17) is 5.73 Å². The maximum atomic E-state index is 13.1.